The number of methoxy groups -OCH3 is 1. The molecule has 0 amide bonds. The largest absolute Gasteiger partial charge is 0.464 e. The molecular weight excluding hydrogens is 206 g/mol. The Morgan fingerprint density at radius 2 is 2.19 bits per heavy atom. The van der Waals surface area contributed by atoms with E-state index in [1.165, 1.54) is 7.11 Å². The second kappa shape index (κ2) is 3.81. The summed E-state index contributed by atoms with van der Waals surface area (Å²) in [5.74, 6) is 0.604. The number of nitrogens with zero attached hydrogens (tertiary/aromatic N) is 2. The van der Waals surface area contributed by atoms with Crippen LogP contribution in [0.4, 0.5) is 5.82 Å². The normalized spacial score (nSPS) is 15.5. The van der Waals surface area contributed by atoms with E-state index in [0.717, 1.165) is 18.4 Å². The third kappa shape index (κ3) is 1.66. The molecule has 16 heavy (non-hydrogen) atoms. The lowest BCUT2D eigenvalue weighted by molar-refractivity contribution is 0.0591. The van der Waals surface area contributed by atoms with Crippen molar-refractivity contribution in [2.75, 3.05) is 12.8 Å². The van der Waals surface area contributed by atoms with Gasteiger partial charge in [0, 0.05) is 11.6 Å². The predicted octanol–water partition coefficient (Wildman–Crippen LogP) is 1.71. The first kappa shape index (κ1) is 11.0. The zero-order valence-electron chi connectivity index (χ0n) is 9.86. The topological polar surface area (TPSA) is 70.1 Å². The Morgan fingerprint density at radius 3 is 2.62 bits per heavy atom. The summed E-state index contributed by atoms with van der Waals surface area (Å²) in [6.45, 7) is 3.97. The van der Waals surface area contributed by atoms with Crippen LogP contribution in [0.1, 0.15) is 54.7 Å². The molecule has 1 aliphatic carbocycles. The highest BCUT2D eigenvalue weighted by Crippen LogP contribution is 2.44. The maximum Gasteiger partial charge on any atom is 0.358 e. The molecular formula is C11H17N3O2. The maximum atomic E-state index is 11.6. The minimum absolute atomic E-state index is 0.149. The zero-order valence-corrected chi connectivity index (χ0v) is 9.86. The van der Waals surface area contributed by atoms with Crippen molar-refractivity contribution in [3.63, 3.8) is 0 Å². The number of carbonyl (C=O) groups excluding carboxylic acids is 1. The van der Waals surface area contributed by atoms with Gasteiger partial charge in [0.2, 0.25) is 0 Å². The smallest absolute Gasteiger partial charge is 0.358 e. The first-order valence-corrected chi connectivity index (χ1v) is 5.52. The number of nitrogen functional groups attached to an aromatic ring is 1. The van der Waals surface area contributed by atoms with E-state index < -0.39 is 5.97 Å². The van der Waals surface area contributed by atoms with Crippen LogP contribution in [0.15, 0.2) is 0 Å². The summed E-state index contributed by atoms with van der Waals surface area (Å²) >= 11 is 0. The predicted molar refractivity (Wildman–Crippen MR) is 60.3 cm³/mol. The van der Waals surface area contributed by atoms with Gasteiger partial charge in [0.25, 0.3) is 0 Å². The van der Waals surface area contributed by atoms with Crippen LogP contribution in [0.2, 0.25) is 0 Å². The molecule has 0 radical (unpaired) electrons. The Bertz CT molecular complexity index is 419. The van der Waals surface area contributed by atoms with E-state index in [4.69, 9.17) is 10.5 Å². The summed E-state index contributed by atoms with van der Waals surface area (Å²) in [6, 6.07) is 0.149. The molecule has 0 atom stereocenters. The highest BCUT2D eigenvalue weighted by molar-refractivity contribution is 5.90. The molecule has 2 rings (SSSR count). The van der Waals surface area contributed by atoms with Crippen molar-refractivity contribution < 1.29 is 9.53 Å². The van der Waals surface area contributed by atoms with Gasteiger partial charge in [-0.3, -0.25) is 0 Å². The second-order valence-corrected chi connectivity index (χ2v) is 4.45. The van der Waals surface area contributed by atoms with Crippen LogP contribution in [-0.2, 0) is 4.74 Å². The molecule has 0 bridgehead atoms. The monoisotopic (exact) mass is 223 g/mol. The molecule has 1 saturated carbocycles. The van der Waals surface area contributed by atoms with Gasteiger partial charge in [-0.25, -0.2) is 9.48 Å². The summed E-state index contributed by atoms with van der Waals surface area (Å²) in [4.78, 5) is 11.6. The van der Waals surface area contributed by atoms with Crippen molar-refractivity contribution in [3.8, 4) is 0 Å². The molecule has 2 N–H and O–H groups in total. The quantitative estimate of drug-likeness (QED) is 0.792. The Balaban J connectivity index is 2.49. The van der Waals surface area contributed by atoms with Crippen LogP contribution in [0, 0.1) is 0 Å². The van der Waals surface area contributed by atoms with Gasteiger partial charge in [-0.2, -0.15) is 5.10 Å². The number of hydrogen-bond acceptors (Lipinski definition) is 4. The molecule has 88 valence electrons. The summed E-state index contributed by atoms with van der Waals surface area (Å²) in [7, 11) is 1.36. The lowest BCUT2D eigenvalue weighted by Gasteiger charge is -2.07. The number of nitrogens with two attached hydrogens (primary N) is 1. The molecule has 5 heteroatoms. The lowest BCUT2D eigenvalue weighted by Crippen LogP contribution is -2.08. The van der Waals surface area contributed by atoms with Crippen molar-refractivity contribution in [1.82, 2.24) is 9.78 Å². The summed E-state index contributed by atoms with van der Waals surface area (Å²) < 4.78 is 6.43. The van der Waals surface area contributed by atoms with Crippen molar-refractivity contribution in [1.29, 1.82) is 0 Å². The van der Waals surface area contributed by atoms with Crippen molar-refractivity contribution in [2.24, 2.45) is 0 Å². The number of hydrogen-bond donors (Lipinski definition) is 1. The van der Waals surface area contributed by atoms with Gasteiger partial charge in [-0.05, 0) is 32.6 Å². The number of esters is 1. The Morgan fingerprint density at radius 1 is 1.56 bits per heavy atom. The van der Waals surface area contributed by atoms with E-state index in [2.05, 4.69) is 5.10 Å². The minimum Gasteiger partial charge on any atom is -0.464 e. The Hall–Kier alpha value is -1.52. The molecule has 1 aromatic rings. The highest BCUT2D eigenvalue weighted by atomic mass is 16.5. The zero-order chi connectivity index (χ0) is 11.9. The van der Waals surface area contributed by atoms with Gasteiger partial charge in [-0.1, -0.05) is 0 Å². The van der Waals surface area contributed by atoms with Gasteiger partial charge in [0.05, 0.1) is 7.11 Å². The van der Waals surface area contributed by atoms with Crippen LogP contribution in [-0.4, -0.2) is 22.9 Å². The van der Waals surface area contributed by atoms with Gasteiger partial charge < -0.3 is 10.5 Å². The third-order valence-electron chi connectivity index (χ3n) is 2.84. The fourth-order valence-corrected chi connectivity index (χ4v) is 1.88. The van der Waals surface area contributed by atoms with Gasteiger partial charge >= 0.3 is 5.97 Å². The molecule has 0 spiro atoms. The van der Waals surface area contributed by atoms with Gasteiger partial charge in [-0.15, -0.1) is 0 Å². The van der Waals surface area contributed by atoms with E-state index in [-0.39, 0.29) is 6.04 Å². The van der Waals surface area contributed by atoms with Crippen molar-refractivity contribution in [3.05, 3.63) is 11.3 Å². The molecule has 0 unspecified atom stereocenters. The van der Waals surface area contributed by atoms with E-state index in [1.54, 1.807) is 4.68 Å². The average Bonchev–Trinajstić information content (AvgIpc) is 3.01. The van der Waals surface area contributed by atoms with E-state index >= 15 is 0 Å². The minimum atomic E-state index is -0.395. The maximum absolute atomic E-state index is 11.6. The number of aromatic nitrogens is 2. The molecule has 1 aliphatic rings. The molecule has 1 aromatic heterocycles. The van der Waals surface area contributed by atoms with Crippen LogP contribution in [0.3, 0.4) is 0 Å². The number of ether oxygens (including phenoxy) is 1. The number of anilines is 1. The van der Waals surface area contributed by atoms with E-state index in [0.29, 0.717) is 17.4 Å². The van der Waals surface area contributed by atoms with E-state index in [1.807, 2.05) is 13.8 Å². The van der Waals surface area contributed by atoms with Crippen LogP contribution in [0.5, 0.6) is 0 Å². The Kier molecular flexibility index (Phi) is 2.61. The SMILES string of the molecule is COC(=O)c1nn(C(C)C)c(N)c1C1CC1. The van der Waals surface area contributed by atoms with Crippen LogP contribution >= 0.6 is 0 Å². The highest BCUT2D eigenvalue weighted by Gasteiger charge is 2.34. The average molecular weight is 223 g/mol. The molecule has 1 fully saturated rings. The standard InChI is InChI=1S/C11H17N3O2/c1-6(2)14-10(12)8(7-4-5-7)9(13-14)11(15)16-3/h6-7H,4-5,12H2,1-3H3. The molecule has 0 saturated heterocycles. The van der Waals surface area contributed by atoms with Crippen molar-refractivity contribution >= 4 is 11.8 Å². The third-order valence-corrected chi connectivity index (χ3v) is 2.84. The van der Waals surface area contributed by atoms with Crippen LogP contribution < -0.4 is 5.73 Å². The molecule has 5 nitrogen and oxygen atoms in total. The fourth-order valence-electron chi connectivity index (χ4n) is 1.88. The fraction of sp³-hybridized carbons (Fsp3) is 0.636. The van der Waals surface area contributed by atoms with E-state index in [9.17, 15) is 4.79 Å². The van der Waals surface area contributed by atoms with Gasteiger partial charge in [0.15, 0.2) is 5.69 Å². The number of rotatable bonds is 3. The van der Waals surface area contributed by atoms with Crippen LogP contribution in [0.25, 0.3) is 0 Å². The summed E-state index contributed by atoms with van der Waals surface area (Å²) in [6.07, 6.45) is 2.16. The lowest BCUT2D eigenvalue weighted by atomic mass is 10.1. The summed E-state index contributed by atoms with van der Waals surface area (Å²) in [5.41, 5.74) is 7.29. The molecule has 0 aromatic carbocycles. The molecule has 0 aliphatic heterocycles. The van der Waals surface area contributed by atoms with Crippen molar-refractivity contribution in [2.45, 2.75) is 38.6 Å². The second-order valence-electron chi connectivity index (χ2n) is 4.45. The molecule has 1 heterocycles. The Labute approximate surface area is 94.6 Å². The number of carbonyl (C=O) groups is 1. The first-order valence-electron chi connectivity index (χ1n) is 5.52. The van der Waals surface area contributed by atoms with Gasteiger partial charge in [0.1, 0.15) is 5.82 Å². The summed E-state index contributed by atoms with van der Waals surface area (Å²) in [5, 5.41) is 4.26. The first-order chi connectivity index (χ1) is 7.56.